The molecule has 0 aliphatic rings. The maximum absolute atomic E-state index is 12.4. The van der Waals surface area contributed by atoms with Crippen LogP contribution >= 0.6 is 23.1 Å². The second-order valence-corrected chi connectivity index (χ2v) is 8.54. The Hall–Kier alpha value is -3.04. The molecule has 5 nitrogen and oxygen atoms in total. The molecule has 31 heavy (non-hydrogen) atoms. The first-order chi connectivity index (χ1) is 15.0. The van der Waals surface area contributed by atoms with Gasteiger partial charge in [-0.3, -0.25) is 4.79 Å². The van der Waals surface area contributed by atoms with Crippen molar-refractivity contribution in [3.8, 4) is 17.0 Å². The second kappa shape index (κ2) is 9.40. The van der Waals surface area contributed by atoms with Gasteiger partial charge in [0.2, 0.25) is 5.88 Å². The standard InChI is InChI=1S/C22H17F2N3O2S2/c1-13-2-4-14(5-3-13)17-11-30-21-19(17)20(25-12-26-21)29-10-18(28)27-15-6-8-16(9-7-15)31-22(23)24/h2-9,11-12,22H,10H2,1H3,(H,27,28). The summed E-state index contributed by atoms with van der Waals surface area (Å²) in [6.45, 7) is 1.78. The molecule has 0 bridgehead atoms. The number of aryl methyl sites for hydroxylation is 1. The Labute approximate surface area is 185 Å². The third-order valence-corrected chi connectivity index (χ3v) is 6.01. The van der Waals surface area contributed by atoms with E-state index in [2.05, 4.69) is 15.3 Å². The first-order valence-electron chi connectivity index (χ1n) is 9.26. The van der Waals surface area contributed by atoms with Crippen LogP contribution in [0.2, 0.25) is 0 Å². The molecule has 0 fully saturated rings. The Balaban J connectivity index is 1.47. The molecule has 9 heteroatoms. The van der Waals surface area contributed by atoms with Crippen LogP contribution in [-0.4, -0.2) is 28.2 Å². The van der Waals surface area contributed by atoms with E-state index in [1.807, 2.05) is 36.6 Å². The number of amides is 1. The zero-order chi connectivity index (χ0) is 21.8. The molecule has 0 spiro atoms. The van der Waals surface area contributed by atoms with Gasteiger partial charge in [-0.25, -0.2) is 9.97 Å². The van der Waals surface area contributed by atoms with Gasteiger partial charge in [0.15, 0.2) is 6.61 Å². The number of aromatic nitrogens is 2. The molecule has 0 saturated carbocycles. The van der Waals surface area contributed by atoms with E-state index < -0.39 is 5.76 Å². The van der Waals surface area contributed by atoms with Crippen molar-refractivity contribution < 1.29 is 18.3 Å². The third-order valence-electron chi connectivity index (χ3n) is 4.40. The van der Waals surface area contributed by atoms with Crippen LogP contribution in [0.3, 0.4) is 0 Å². The fourth-order valence-corrected chi connectivity index (χ4v) is 4.36. The van der Waals surface area contributed by atoms with Gasteiger partial charge in [0.05, 0.1) is 5.39 Å². The lowest BCUT2D eigenvalue weighted by Crippen LogP contribution is -2.20. The fraction of sp³-hybridized carbons (Fsp3) is 0.136. The van der Waals surface area contributed by atoms with Crippen LogP contribution in [0.25, 0.3) is 21.3 Å². The van der Waals surface area contributed by atoms with E-state index in [9.17, 15) is 13.6 Å². The number of rotatable bonds is 7. The molecule has 1 N–H and O–H groups in total. The summed E-state index contributed by atoms with van der Waals surface area (Å²) in [6.07, 6.45) is 1.41. The predicted octanol–water partition coefficient (Wildman–Crippen LogP) is 6.00. The van der Waals surface area contributed by atoms with Crippen LogP contribution in [-0.2, 0) is 4.79 Å². The van der Waals surface area contributed by atoms with Crippen LogP contribution in [0.4, 0.5) is 14.5 Å². The van der Waals surface area contributed by atoms with E-state index in [0.29, 0.717) is 28.2 Å². The van der Waals surface area contributed by atoms with Gasteiger partial charge in [-0.2, -0.15) is 8.78 Å². The van der Waals surface area contributed by atoms with Gasteiger partial charge >= 0.3 is 0 Å². The minimum atomic E-state index is -2.49. The Bertz CT molecular complexity index is 1200. The van der Waals surface area contributed by atoms with Gasteiger partial charge in [0, 0.05) is 21.5 Å². The van der Waals surface area contributed by atoms with E-state index in [4.69, 9.17) is 4.74 Å². The molecule has 0 aliphatic carbocycles. The Morgan fingerprint density at radius 1 is 1.13 bits per heavy atom. The van der Waals surface area contributed by atoms with E-state index in [-0.39, 0.29) is 12.5 Å². The quantitative estimate of drug-likeness (QED) is 0.345. The molecule has 0 unspecified atom stereocenters. The highest BCUT2D eigenvalue weighted by atomic mass is 32.2. The molecular formula is C22H17F2N3O2S2. The number of anilines is 1. The van der Waals surface area contributed by atoms with Crippen molar-refractivity contribution in [1.29, 1.82) is 0 Å². The van der Waals surface area contributed by atoms with Crippen LogP contribution in [0.5, 0.6) is 5.88 Å². The van der Waals surface area contributed by atoms with Gasteiger partial charge in [0.1, 0.15) is 11.2 Å². The summed E-state index contributed by atoms with van der Waals surface area (Å²) in [5, 5.41) is 5.44. The van der Waals surface area contributed by atoms with Crippen molar-refractivity contribution >= 4 is 44.9 Å². The maximum Gasteiger partial charge on any atom is 0.288 e. The van der Waals surface area contributed by atoms with Crippen LogP contribution in [0.15, 0.2) is 65.1 Å². The lowest BCUT2D eigenvalue weighted by molar-refractivity contribution is -0.118. The fourth-order valence-electron chi connectivity index (χ4n) is 2.95. The summed E-state index contributed by atoms with van der Waals surface area (Å²) in [6, 6.07) is 14.3. The third kappa shape index (κ3) is 5.18. The number of alkyl halides is 2. The molecule has 0 radical (unpaired) electrons. The van der Waals surface area contributed by atoms with E-state index >= 15 is 0 Å². The number of carbonyl (C=O) groups is 1. The van der Waals surface area contributed by atoms with Crippen molar-refractivity contribution in [3.05, 3.63) is 65.8 Å². The van der Waals surface area contributed by atoms with Gasteiger partial charge < -0.3 is 10.1 Å². The maximum atomic E-state index is 12.4. The topological polar surface area (TPSA) is 64.1 Å². The number of nitrogens with zero attached hydrogens (tertiary/aromatic N) is 2. The van der Waals surface area contributed by atoms with Gasteiger partial charge in [-0.1, -0.05) is 41.6 Å². The van der Waals surface area contributed by atoms with Gasteiger partial charge in [-0.15, -0.1) is 11.3 Å². The number of halogens is 2. The summed E-state index contributed by atoms with van der Waals surface area (Å²) in [7, 11) is 0. The van der Waals surface area contributed by atoms with Crippen molar-refractivity contribution in [2.24, 2.45) is 0 Å². The highest BCUT2D eigenvalue weighted by molar-refractivity contribution is 7.99. The summed E-state index contributed by atoms with van der Waals surface area (Å²) >= 11 is 1.93. The molecule has 2 aromatic carbocycles. The molecule has 158 valence electrons. The molecule has 2 heterocycles. The molecule has 0 saturated heterocycles. The first kappa shape index (κ1) is 21.2. The van der Waals surface area contributed by atoms with Crippen molar-refractivity contribution in [2.75, 3.05) is 11.9 Å². The largest absolute Gasteiger partial charge is 0.467 e. The first-order valence-corrected chi connectivity index (χ1v) is 11.0. The van der Waals surface area contributed by atoms with Crippen molar-refractivity contribution in [3.63, 3.8) is 0 Å². The summed E-state index contributed by atoms with van der Waals surface area (Å²) in [5.74, 6) is -2.53. The zero-order valence-corrected chi connectivity index (χ0v) is 18.0. The summed E-state index contributed by atoms with van der Waals surface area (Å²) in [4.78, 5) is 22.0. The number of fused-ring (bicyclic) bond motifs is 1. The molecule has 1 amide bonds. The second-order valence-electron chi connectivity index (χ2n) is 6.61. The molecular weight excluding hydrogens is 440 g/mol. The van der Waals surface area contributed by atoms with E-state index in [1.165, 1.54) is 29.8 Å². The molecule has 4 rings (SSSR count). The smallest absolute Gasteiger partial charge is 0.288 e. The highest BCUT2D eigenvalue weighted by Gasteiger charge is 2.15. The zero-order valence-electron chi connectivity index (χ0n) is 16.3. The minimum Gasteiger partial charge on any atom is -0.467 e. The monoisotopic (exact) mass is 457 g/mol. The Morgan fingerprint density at radius 2 is 1.87 bits per heavy atom. The highest BCUT2D eigenvalue weighted by Crippen LogP contribution is 2.37. The SMILES string of the molecule is Cc1ccc(-c2csc3ncnc(OCC(=O)Nc4ccc(SC(F)F)cc4)c23)cc1. The predicted molar refractivity (Wildman–Crippen MR) is 120 cm³/mol. The number of thiophene rings is 1. The Morgan fingerprint density at radius 3 is 2.58 bits per heavy atom. The van der Waals surface area contributed by atoms with Gasteiger partial charge in [0.25, 0.3) is 11.7 Å². The van der Waals surface area contributed by atoms with E-state index in [0.717, 1.165) is 26.9 Å². The van der Waals surface area contributed by atoms with Crippen molar-refractivity contribution in [1.82, 2.24) is 9.97 Å². The molecule has 0 aliphatic heterocycles. The number of nitrogens with one attached hydrogen (secondary N) is 1. The number of benzene rings is 2. The molecule has 4 aromatic rings. The lowest BCUT2D eigenvalue weighted by atomic mass is 10.0. The average Bonchev–Trinajstić information content (AvgIpc) is 3.19. The summed E-state index contributed by atoms with van der Waals surface area (Å²) in [5.41, 5.74) is 3.62. The minimum absolute atomic E-state index is 0.247. The lowest BCUT2D eigenvalue weighted by Gasteiger charge is -2.09. The number of hydrogen-bond acceptors (Lipinski definition) is 6. The van der Waals surface area contributed by atoms with Crippen LogP contribution < -0.4 is 10.1 Å². The molecule has 2 aromatic heterocycles. The number of ether oxygens (including phenoxy) is 1. The number of hydrogen-bond donors (Lipinski definition) is 1. The number of thioether (sulfide) groups is 1. The van der Waals surface area contributed by atoms with Crippen molar-refractivity contribution in [2.45, 2.75) is 17.6 Å². The summed E-state index contributed by atoms with van der Waals surface area (Å²) < 4.78 is 30.5. The van der Waals surface area contributed by atoms with Crippen LogP contribution in [0.1, 0.15) is 5.56 Å². The Kier molecular flexibility index (Phi) is 6.43. The molecule has 0 atom stereocenters. The average molecular weight is 458 g/mol. The number of carbonyl (C=O) groups excluding carboxylic acids is 1. The van der Waals surface area contributed by atoms with Gasteiger partial charge in [-0.05, 0) is 36.8 Å². The van der Waals surface area contributed by atoms with E-state index in [1.54, 1.807) is 12.1 Å². The van der Waals surface area contributed by atoms with Crippen LogP contribution in [0, 0.1) is 6.92 Å². The normalized spacial score (nSPS) is 11.1.